The van der Waals surface area contributed by atoms with E-state index >= 15 is 0 Å². The molecule has 1 aliphatic rings. The Bertz CT molecular complexity index is 747. The van der Waals surface area contributed by atoms with Crippen LogP contribution in [0.5, 0.6) is 5.75 Å². The first-order valence-corrected chi connectivity index (χ1v) is 9.87. The van der Waals surface area contributed by atoms with Gasteiger partial charge in [-0.1, -0.05) is 52.7 Å². The molecular weight excluding hydrogens is 394 g/mol. The van der Waals surface area contributed by atoms with Crippen molar-refractivity contribution in [3.8, 4) is 5.75 Å². The molecule has 1 saturated heterocycles. The van der Waals surface area contributed by atoms with E-state index in [-0.39, 0.29) is 6.04 Å². The fourth-order valence-electron chi connectivity index (χ4n) is 3.69. The lowest BCUT2D eigenvalue weighted by Crippen LogP contribution is -2.46. The average Bonchev–Trinajstić information content (AvgIpc) is 2.65. The first-order chi connectivity index (χ1) is 12.6. The number of aliphatic carboxylic acids is 1. The molecule has 4 nitrogen and oxygen atoms in total. The van der Waals surface area contributed by atoms with E-state index in [1.165, 1.54) is 0 Å². The molecule has 0 radical (unpaired) electrons. The third-order valence-corrected chi connectivity index (χ3v) is 5.59. The van der Waals surface area contributed by atoms with Gasteiger partial charge in [0.15, 0.2) is 0 Å². The standard InChI is InChI=1S/C21H24BrNO3/c1-2-26-16-12-10-15(11-13-16)20(17-7-3-4-8-18(17)22)23-14-6-5-9-19(23)21(24)25/h3-4,7-8,10-13,19-20H,2,5-6,9,14H2,1H3,(H,24,25). The number of hydrogen-bond acceptors (Lipinski definition) is 3. The summed E-state index contributed by atoms with van der Waals surface area (Å²) in [4.78, 5) is 14.0. The number of carboxylic acids is 1. The molecule has 1 aliphatic heterocycles. The first-order valence-electron chi connectivity index (χ1n) is 9.07. The second-order valence-corrected chi connectivity index (χ2v) is 7.37. The number of rotatable bonds is 6. The summed E-state index contributed by atoms with van der Waals surface area (Å²) < 4.78 is 6.55. The number of likely N-dealkylation sites (tertiary alicyclic amines) is 1. The third-order valence-electron chi connectivity index (χ3n) is 4.87. The van der Waals surface area contributed by atoms with E-state index in [0.717, 1.165) is 40.7 Å². The van der Waals surface area contributed by atoms with Gasteiger partial charge in [0.25, 0.3) is 0 Å². The quantitative estimate of drug-likeness (QED) is 0.727. The zero-order valence-electron chi connectivity index (χ0n) is 14.9. The molecule has 26 heavy (non-hydrogen) atoms. The van der Waals surface area contributed by atoms with Gasteiger partial charge in [0, 0.05) is 4.47 Å². The highest BCUT2D eigenvalue weighted by Gasteiger charge is 2.35. The maximum Gasteiger partial charge on any atom is 0.320 e. The van der Waals surface area contributed by atoms with Crippen LogP contribution in [0, 0.1) is 0 Å². The molecule has 5 heteroatoms. The number of nitrogens with zero attached hydrogens (tertiary/aromatic N) is 1. The highest BCUT2D eigenvalue weighted by atomic mass is 79.9. The summed E-state index contributed by atoms with van der Waals surface area (Å²) in [5.74, 6) is 0.0863. The van der Waals surface area contributed by atoms with Gasteiger partial charge in [-0.2, -0.15) is 0 Å². The van der Waals surface area contributed by atoms with Crippen LogP contribution in [0.3, 0.4) is 0 Å². The topological polar surface area (TPSA) is 49.8 Å². The fraction of sp³-hybridized carbons (Fsp3) is 0.381. The number of carbonyl (C=O) groups is 1. The first kappa shape index (κ1) is 18.9. The van der Waals surface area contributed by atoms with Crippen LogP contribution in [-0.2, 0) is 4.79 Å². The van der Waals surface area contributed by atoms with Crippen LogP contribution in [0.2, 0.25) is 0 Å². The number of halogens is 1. The second-order valence-electron chi connectivity index (χ2n) is 6.51. The van der Waals surface area contributed by atoms with E-state index in [2.05, 4.69) is 26.9 Å². The van der Waals surface area contributed by atoms with Crippen molar-refractivity contribution in [3.63, 3.8) is 0 Å². The van der Waals surface area contributed by atoms with E-state index in [1.54, 1.807) is 0 Å². The molecule has 1 N–H and O–H groups in total. The van der Waals surface area contributed by atoms with Crippen LogP contribution in [0.15, 0.2) is 53.0 Å². The fourth-order valence-corrected chi connectivity index (χ4v) is 4.19. The predicted octanol–water partition coefficient (Wildman–Crippen LogP) is 4.88. The minimum atomic E-state index is -0.743. The van der Waals surface area contributed by atoms with Gasteiger partial charge in [0.2, 0.25) is 0 Å². The third kappa shape index (κ3) is 4.10. The van der Waals surface area contributed by atoms with Crippen LogP contribution in [0.4, 0.5) is 0 Å². The molecule has 0 amide bonds. The molecule has 3 rings (SSSR count). The molecule has 1 fully saturated rings. The predicted molar refractivity (Wildman–Crippen MR) is 106 cm³/mol. The molecule has 2 aromatic carbocycles. The number of benzene rings is 2. The summed E-state index contributed by atoms with van der Waals surface area (Å²) in [7, 11) is 0. The van der Waals surface area contributed by atoms with Crippen LogP contribution in [0.1, 0.15) is 43.4 Å². The highest BCUT2D eigenvalue weighted by molar-refractivity contribution is 9.10. The number of piperidine rings is 1. The lowest BCUT2D eigenvalue weighted by molar-refractivity contribution is -0.145. The Hall–Kier alpha value is -1.85. The Morgan fingerprint density at radius 3 is 2.62 bits per heavy atom. The van der Waals surface area contributed by atoms with Crippen LogP contribution in [0.25, 0.3) is 0 Å². The van der Waals surface area contributed by atoms with Gasteiger partial charge >= 0.3 is 5.97 Å². The molecule has 138 valence electrons. The van der Waals surface area contributed by atoms with Crippen molar-refractivity contribution in [2.24, 2.45) is 0 Å². The zero-order chi connectivity index (χ0) is 18.5. The summed E-state index contributed by atoms with van der Waals surface area (Å²) in [5.41, 5.74) is 2.17. The molecule has 2 unspecified atom stereocenters. The van der Waals surface area contributed by atoms with Crippen molar-refractivity contribution < 1.29 is 14.6 Å². The molecule has 0 aliphatic carbocycles. The largest absolute Gasteiger partial charge is 0.494 e. The second kappa shape index (κ2) is 8.69. The summed E-state index contributed by atoms with van der Waals surface area (Å²) in [5, 5.41) is 9.76. The Labute approximate surface area is 162 Å². The van der Waals surface area contributed by atoms with Crippen molar-refractivity contribution in [1.82, 2.24) is 4.90 Å². The van der Waals surface area contributed by atoms with Crippen molar-refractivity contribution in [1.29, 1.82) is 0 Å². The minimum Gasteiger partial charge on any atom is -0.494 e. The van der Waals surface area contributed by atoms with Gasteiger partial charge in [0.1, 0.15) is 11.8 Å². The number of ether oxygens (including phenoxy) is 1. The van der Waals surface area contributed by atoms with Crippen LogP contribution < -0.4 is 4.74 Å². The van der Waals surface area contributed by atoms with Gasteiger partial charge in [0.05, 0.1) is 12.6 Å². The van der Waals surface area contributed by atoms with Gasteiger partial charge in [-0.25, -0.2) is 0 Å². The molecule has 0 aromatic heterocycles. The van der Waals surface area contributed by atoms with Crippen LogP contribution >= 0.6 is 15.9 Å². The molecule has 0 saturated carbocycles. The Balaban J connectivity index is 2.04. The van der Waals surface area contributed by atoms with Crippen molar-refractivity contribution in [2.45, 2.75) is 38.3 Å². The Kier molecular flexibility index (Phi) is 6.33. The molecule has 2 aromatic rings. The zero-order valence-corrected chi connectivity index (χ0v) is 16.5. The van der Waals surface area contributed by atoms with Gasteiger partial charge < -0.3 is 9.84 Å². The molecule has 1 heterocycles. The number of carboxylic acid groups (broad SMARTS) is 1. The lowest BCUT2D eigenvalue weighted by Gasteiger charge is -2.40. The summed E-state index contributed by atoms with van der Waals surface area (Å²) >= 11 is 3.66. The Morgan fingerprint density at radius 2 is 1.96 bits per heavy atom. The van der Waals surface area contributed by atoms with Gasteiger partial charge in [-0.3, -0.25) is 9.69 Å². The number of hydrogen-bond donors (Lipinski definition) is 1. The Morgan fingerprint density at radius 1 is 1.23 bits per heavy atom. The maximum atomic E-state index is 11.9. The van der Waals surface area contributed by atoms with E-state index in [9.17, 15) is 9.90 Å². The van der Waals surface area contributed by atoms with E-state index < -0.39 is 12.0 Å². The van der Waals surface area contributed by atoms with Gasteiger partial charge in [-0.15, -0.1) is 0 Å². The minimum absolute atomic E-state index is 0.109. The highest BCUT2D eigenvalue weighted by Crippen LogP contribution is 2.37. The summed E-state index contributed by atoms with van der Waals surface area (Å²) in [6.07, 6.45) is 2.66. The maximum absolute atomic E-state index is 11.9. The van der Waals surface area contributed by atoms with Crippen molar-refractivity contribution in [2.75, 3.05) is 13.2 Å². The van der Waals surface area contributed by atoms with Crippen molar-refractivity contribution in [3.05, 3.63) is 64.1 Å². The smallest absolute Gasteiger partial charge is 0.320 e. The monoisotopic (exact) mass is 417 g/mol. The van der Waals surface area contributed by atoms with E-state index in [1.807, 2.05) is 49.4 Å². The molecular formula is C21H24BrNO3. The molecule has 0 spiro atoms. The average molecular weight is 418 g/mol. The lowest BCUT2D eigenvalue weighted by atomic mass is 9.91. The SMILES string of the molecule is CCOc1ccc(C(c2ccccc2Br)N2CCCCC2C(=O)O)cc1. The molecule has 2 atom stereocenters. The summed E-state index contributed by atoms with van der Waals surface area (Å²) in [6, 6.07) is 15.5. The summed E-state index contributed by atoms with van der Waals surface area (Å²) in [6.45, 7) is 3.36. The van der Waals surface area contributed by atoms with Gasteiger partial charge in [-0.05, 0) is 55.6 Å². The normalized spacial score (nSPS) is 19.1. The van der Waals surface area contributed by atoms with E-state index in [0.29, 0.717) is 13.0 Å². The molecule has 0 bridgehead atoms. The van der Waals surface area contributed by atoms with Crippen LogP contribution in [-0.4, -0.2) is 35.2 Å². The van der Waals surface area contributed by atoms with Crippen molar-refractivity contribution >= 4 is 21.9 Å². The van der Waals surface area contributed by atoms with E-state index in [4.69, 9.17) is 4.74 Å².